The molecule has 3 nitrogen and oxygen atoms in total. The number of hydrogen-bond donors (Lipinski definition) is 0. The van der Waals surface area contributed by atoms with Crippen molar-refractivity contribution in [1.82, 2.24) is 0 Å². The van der Waals surface area contributed by atoms with Gasteiger partial charge in [0.05, 0.1) is 0 Å². The van der Waals surface area contributed by atoms with E-state index >= 15 is 0 Å². The minimum absolute atomic E-state index is 0.626. The fourth-order valence-electron chi connectivity index (χ4n) is 2.91. The third kappa shape index (κ3) is 6.48. The lowest BCUT2D eigenvalue weighted by Gasteiger charge is -2.38. The number of hydrogen-bond acceptors (Lipinski definition) is 3. The molecule has 0 aromatic rings. The maximum absolute atomic E-state index is 6.56. The Bertz CT molecular complexity index is 358. The van der Waals surface area contributed by atoms with Crippen molar-refractivity contribution in [2.24, 2.45) is 0 Å². The van der Waals surface area contributed by atoms with Gasteiger partial charge in [-0.15, -0.1) is 19.7 Å². The average molecular weight is 399 g/mol. The van der Waals surface area contributed by atoms with E-state index in [4.69, 9.17) is 13.0 Å². The number of rotatable bonds is 15. The second-order valence-corrected chi connectivity index (χ2v) is 19.1. The summed E-state index contributed by atoms with van der Waals surface area (Å²) in [4.78, 5) is 0. The zero-order chi connectivity index (χ0) is 19.6. The highest BCUT2D eigenvalue weighted by molar-refractivity contribution is 6.90. The van der Waals surface area contributed by atoms with Crippen LogP contribution >= 0.6 is 0 Å². The van der Waals surface area contributed by atoms with E-state index in [2.05, 4.69) is 61.3 Å². The minimum Gasteiger partial charge on any atom is -0.425 e. The molecule has 0 heterocycles. The summed E-state index contributed by atoms with van der Waals surface area (Å²) in [5, 5.41) is 0. The van der Waals surface area contributed by atoms with Gasteiger partial charge in [0.15, 0.2) is 0 Å². The highest BCUT2D eigenvalue weighted by Gasteiger charge is 2.44. The summed E-state index contributed by atoms with van der Waals surface area (Å²) in [6, 6.07) is 5.82. The van der Waals surface area contributed by atoms with Gasteiger partial charge in [0.25, 0.3) is 0 Å². The molecule has 0 aromatic carbocycles. The van der Waals surface area contributed by atoms with Crippen molar-refractivity contribution >= 4 is 32.3 Å². The highest BCUT2D eigenvalue weighted by Crippen LogP contribution is 2.28. The first kappa shape index (κ1) is 24.8. The highest BCUT2D eigenvalue weighted by atomic mass is 28.4. The van der Waals surface area contributed by atoms with Crippen LogP contribution in [0.3, 0.4) is 0 Å². The second-order valence-electron chi connectivity index (χ2n) is 6.57. The first-order valence-corrected chi connectivity index (χ1v) is 17.0. The van der Waals surface area contributed by atoms with Crippen LogP contribution in [0.5, 0.6) is 0 Å². The Balaban J connectivity index is 5.75. The first-order chi connectivity index (χ1) is 11.8. The topological polar surface area (TPSA) is 27.7 Å². The summed E-state index contributed by atoms with van der Waals surface area (Å²) in [5.74, 6) is 0. The molecule has 0 atom stereocenters. The molecule has 0 radical (unpaired) electrons. The van der Waals surface area contributed by atoms with E-state index < -0.39 is 32.3 Å². The molecule has 0 saturated heterocycles. The van der Waals surface area contributed by atoms with Crippen LogP contribution in [0.15, 0.2) is 36.8 Å². The molecule has 25 heavy (non-hydrogen) atoms. The molecular formula is C18H39BO3Si3. The van der Waals surface area contributed by atoms with Crippen LogP contribution in [-0.4, -0.2) is 32.3 Å². The lowest BCUT2D eigenvalue weighted by atomic mass is 10.3. The van der Waals surface area contributed by atoms with E-state index in [1.807, 2.05) is 17.1 Å². The Morgan fingerprint density at radius 3 is 0.880 bits per heavy atom. The normalized spacial score (nSPS) is 12.7. The van der Waals surface area contributed by atoms with Gasteiger partial charge in [0, 0.05) is 0 Å². The SMILES string of the molecule is C=C[Si](CC)(CC)OB(O[Si](C=C)(CC)CC)O[Si](C=C)(CC)CC. The lowest BCUT2D eigenvalue weighted by molar-refractivity contribution is 0.294. The van der Waals surface area contributed by atoms with Gasteiger partial charge < -0.3 is 13.0 Å². The third-order valence-corrected chi connectivity index (χ3v) is 17.1. The Kier molecular flexibility index (Phi) is 11.4. The summed E-state index contributed by atoms with van der Waals surface area (Å²) < 4.78 is 19.7. The molecule has 0 unspecified atom stereocenters. The van der Waals surface area contributed by atoms with E-state index in [9.17, 15) is 0 Å². The van der Waals surface area contributed by atoms with E-state index in [1.165, 1.54) is 0 Å². The molecule has 0 spiro atoms. The monoisotopic (exact) mass is 398 g/mol. The molecule has 0 aliphatic heterocycles. The van der Waals surface area contributed by atoms with Gasteiger partial charge in [-0.2, -0.15) is 0 Å². The fourth-order valence-corrected chi connectivity index (χ4v) is 9.16. The average Bonchev–Trinajstić information content (AvgIpc) is 2.68. The zero-order valence-corrected chi connectivity index (χ0v) is 20.4. The standard InChI is InChI=1S/C18H39BO3Si3/c1-10-23(11-2,12-3)20-19(21-24(13-4,14-5)15-6)22-25(16-7,17-8)18-9/h10,13,16H,1,4,7,11-12,14-15,17-18H2,2-3,5-6,8-9H3. The molecule has 0 aromatic heterocycles. The van der Waals surface area contributed by atoms with E-state index in [1.54, 1.807) is 0 Å². The summed E-state index contributed by atoms with van der Waals surface area (Å²) in [6.07, 6.45) is 0. The van der Waals surface area contributed by atoms with Gasteiger partial charge in [0.1, 0.15) is 0 Å². The smallest absolute Gasteiger partial charge is 0.425 e. The Labute approximate surface area is 160 Å². The lowest BCUT2D eigenvalue weighted by Crippen LogP contribution is -2.54. The molecule has 0 N–H and O–H groups in total. The zero-order valence-electron chi connectivity index (χ0n) is 17.4. The van der Waals surface area contributed by atoms with Gasteiger partial charge in [0.2, 0.25) is 25.0 Å². The third-order valence-electron chi connectivity index (χ3n) is 5.70. The minimum atomic E-state index is -2.07. The summed E-state index contributed by atoms with van der Waals surface area (Å²) >= 11 is 0. The summed E-state index contributed by atoms with van der Waals surface area (Å²) in [5.41, 5.74) is 6.07. The molecule has 0 aliphatic rings. The van der Waals surface area contributed by atoms with Crippen LogP contribution in [0.25, 0.3) is 0 Å². The van der Waals surface area contributed by atoms with Crippen LogP contribution in [0, 0.1) is 0 Å². The van der Waals surface area contributed by atoms with Crippen molar-refractivity contribution in [2.45, 2.75) is 77.8 Å². The van der Waals surface area contributed by atoms with Gasteiger partial charge >= 0.3 is 7.32 Å². The van der Waals surface area contributed by atoms with Gasteiger partial charge in [-0.25, -0.2) is 0 Å². The predicted molar refractivity (Wildman–Crippen MR) is 120 cm³/mol. The van der Waals surface area contributed by atoms with E-state index in [0.717, 1.165) is 36.3 Å². The maximum Gasteiger partial charge on any atom is 0.607 e. The van der Waals surface area contributed by atoms with Crippen LogP contribution in [0.2, 0.25) is 36.3 Å². The predicted octanol–water partition coefficient (Wildman–Crippen LogP) is 6.15. The Morgan fingerprint density at radius 2 is 0.760 bits per heavy atom. The van der Waals surface area contributed by atoms with Crippen LogP contribution in [0.1, 0.15) is 41.5 Å². The van der Waals surface area contributed by atoms with Crippen molar-refractivity contribution in [1.29, 1.82) is 0 Å². The fraction of sp³-hybridized carbons (Fsp3) is 0.667. The van der Waals surface area contributed by atoms with Crippen LogP contribution < -0.4 is 0 Å². The second kappa shape index (κ2) is 11.5. The van der Waals surface area contributed by atoms with E-state index in [0.29, 0.717) is 0 Å². The van der Waals surface area contributed by atoms with Gasteiger partial charge in [-0.1, -0.05) is 58.6 Å². The van der Waals surface area contributed by atoms with E-state index in [-0.39, 0.29) is 0 Å². The summed E-state index contributed by atoms with van der Waals surface area (Å²) in [6.45, 7) is 25.2. The maximum atomic E-state index is 6.56. The van der Waals surface area contributed by atoms with Crippen molar-refractivity contribution in [2.75, 3.05) is 0 Å². The van der Waals surface area contributed by atoms with Crippen molar-refractivity contribution < 1.29 is 13.0 Å². The molecule has 0 rings (SSSR count). The molecular weight excluding hydrogens is 359 g/mol. The molecule has 0 saturated carbocycles. The van der Waals surface area contributed by atoms with Crippen molar-refractivity contribution in [3.63, 3.8) is 0 Å². The first-order valence-electron chi connectivity index (χ1n) is 9.77. The molecule has 144 valence electrons. The van der Waals surface area contributed by atoms with Gasteiger partial charge in [-0.05, 0) is 36.3 Å². The largest absolute Gasteiger partial charge is 0.607 e. The Morgan fingerprint density at radius 1 is 0.560 bits per heavy atom. The van der Waals surface area contributed by atoms with Crippen LogP contribution in [-0.2, 0) is 13.0 Å². The van der Waals surface area contributed by atoms with Crippen molar-refractivity contribution in [3.8, 4) is 0 Å². The molecule has 0 fully saturated rings. The van der Waals surface area contributed by atoms with Gasteiger partial charge in [-0.3, -0.25) is 0 Å². The van der Waals surface area contributed by atoms with Crippen molar-refractivity contribution in [3.05, 3.63) is 36.8 Å². The molecule has 7 heteroatoms. The summed E-state index contributed by atoms with van der Waals surface area (Å²) in [7, 11) is -6.83. The molecule has 0 aliphatic carbocycles. The molecule has 0 amide bonds. The Hall–Kier alpha value is -0.184. The quantitative estimate of drug-likeness (QED) is 0.310. The van der Waals surface area contributed by atoms with Crippen LogP contribution in [0.4, 0.5) is 0 Å². The molecule has 0 bridgehead atoms.